The van der Waals surface area contributed by atoms with Gasteiger partial charge in [0.15, 0.2) is 0 Å². The molecule has 4 bridgehead atoms. The lowest BCUT2D eigenvalue weighted by atomic mass is 9.49. The lowest BCUT2D eigenvalue weighted by Crippen LogP contribution is -2.55. The molecule has 1 saturated heterocycles. The van der Waals surface area contributed by atoms with E-state index in [1.54, 1.807) is 6.07 Å². The van der Waals surface area contributed by atoms with E-state index in [4.69, 9.17) is 0 Å². The number of amides is 1. The number of carbonyl (C=O) groups is 1. The van der Waals surface area contributed by atoms with E-state index in [0.717, 1.165) is 69.1 Å². The lowest BCUT2D eigenvalue weighted by molar-refractivity contribution is -0.147. The molecule has 0 aromatic heterocycles. The van der Waals surface area contributed by atoms with Crippen LogP contribution in [0.15, 0.2) is 24.3 Å². The van der Waals surface area contributed by atoms with Gasteiger partial charge in [0, 0.05) is 31.1 Å². The third kappa shape index (κ3) is 5.10. The van der Waals surface area contributed by atoms with Gasteiger partial charge in [0.25, 0.3) is 0 Å². The summed E-state index contributed by atoms with van der Waals surface area (Å²) in [6.07, 6.45) is 4.47. The molecular formula is C24H34ClF3N2O2. The van der Waals surface area contributed by atoms with E-state index in [0.29, 0.717) is 12.0 Å². The maximum atomic E-state index is 13.2. The molecule has 1 heterocycles. The summed E-state index contributed by atoms with van der Waals surface area (Å²) in [6.45, 7) is 2.42. The highest BCUT2D eigenvalue weighted by Gasteiger charge is 2.54. The molecule has 1 aliphatic heterocycles. The van der Waals surface area contributed by atoms with Gasteiger partial charge in [-0.1, -0.05) is 18.2 Å². The van der Waals surface area contributed by atoms with Gasteiger partial charge in [0.2, 0.25) is 5.91 Å². The van der Waals surface area contributed by atoms with Gasteiger partial charge in [-0.05, 0) is 80.8 Å². The first-order valence-corrected chi connectivity index (χ1v) is 11.5. The van der Waals surface area contributed by atoms with E-state index < -0.39 is 11.7 Å². The minimum atomic E-state index is -4.30. The third-order valence-corrected chi connectivity index (χ3v) is 8.10. The van der Waals surface area contributed by atoms with Crippen LogP contribution in [-0.4, -0.2) is 42.0 Å². The zero-order valence-corrected chi connectivity index (χ0v) is 19.1. The van der Waals surface area contributed by atoms with E-state index in [9.17, 15) is 18.0 Å². The van der Waals surface area contributed by atoms with Crippen molar-refractivity contribution in [1.82, 2.24) is 10.2 Å². The number of alkyl halides is 3. The molecule has 1 atom stereocenters. The Morgan fingerprint density at radius 1 is 1.09 bits per heavy atom. The van der Waals surface area contributed by atoms with E-state index in [2.05, 4.69) is 10.2 Å². The van der Waals surface area contributed by atoms with Crippen molar-refractivity contribution in [3.05, 3.63) is 35.4 Å². The van der Waals surface area contributed by atoms with Crippen molar-refractivity contribution in [2.45, 2.75) is 63.6 Å². The van der Waals surface area contributed by atoms with Gasteiger partial charge in [0.1, 0.15) is 0 Å². The zero-order chi connectivity index (χ0) is 20.9. The fourth-order valence-corrected chi connectivity index (χ4v) is 7.07. The Labute approximate surface area is 194 Å². The summed E-state index contributed by atoms with van der Waals surface area (Å²) in [5.41, 5.74) is 0.0215. The van der Waals surface area contributed by atoms with Crippen molar-refractivity contribution >= 4 is 18.3 Å². The molecule has 8 heteroatoms. The van der Waals surface area contributed by atoms with Gasteiger partial charge in [-0.25, -0.2) is 0 Å². The summed E-state index contributed by atoms with van der Waals surface area (Å²) in [6, 6.07) is 5.79. The van der Waals surface area contributed by atoms with Crippen molar-refractivity contribution < 1.29 is 23.4 Å². The first-order chi connectivity index (χ1) is 14.3. The number of nitrogens with zero attached hydrogens (tertiary/aromatic N) is 1. The molecule has 32 heavy (non-hydrogen) atoms. The maximum absolute atomic E-state index is 13.2. The smallest absolute Gasteiger partial charge is 0.412 e. The second kappa shape index (κ2) is 9.51. The average molecular weight is 475 g/mol. The molecule has 0 spiro atoms. The van der Waals surface area contributed by atoms with Crippen LogP contribution in [0.4, 0.5) is 13.2 Å². The highest BCUT2D eigenvalue weighted by atomic mass is 35.5. The standard InChI is InChI=1S/C24H31F3N2O.ClH.H2O/c25-24(26,27)20-3-1-2-16(11-20)4-6-29-7-5-21(15-29)28-22(30)23-12-17-8-18(13-23)10-19(9-17)14-23;;/h1-3,11,17-19,21H,4-10,12-15H2,(H,28,30);1H;1H2/t17?,18?,19?,21-,23?;;/m0../s1. The number of hydrogen-bond donors (Lipinski definition) is 1. The number of halogens is 4. The molecule has 1 aromatic rings. The van der Waals surface area contributed by atoms with Crippen molar-refractivity contribution in [3.63, 3.8) is 0 Å². The minimum Gasteiger partial charge on any atom is -0.412 e. The summed E-state index contributed by atoms with van der Waals surface area (Å²) in [5, 5.41) is 3.36. The first kappa shape index (κ1) is 25.3. The predicted octanol–water partition coefficient (Wildman–Crippen LogP) is 4.25. The third-order valence-electron chi connectivity index (χ3n) is 8.10. The van der Waals surface area contributed by atoms with Crippen LogP contribution in [0, 0.1) is 23.2 Å². The van der Waals surface area contributed by atoms with Crippen LogP contribution in [0.25, 0.3) is 0 Å². The normalized spacial score (nSPS) is 33.5. The van der Waals surface area contributed by atoms with Crippen LogP contribution in [0.2, 0.25) is 0 Å². The molecule has 1 aromatic carbocycles. The summed E-state index contributed by atoms with van der Waals surface area (Å²) >= 11 is 0. The Bertz CT molecular complexity index is 781. The molecule has 1 amide bonds. The molecule has 5 aliphatic rings. The van der Waals surface area contributed by atoms with Gasteiger partial charge in [0.05, 0.1) is 5.56 Å². The maximum Gasteiger partial charge on any atom is 0.416 e. The first-order valence-electron chi connectivity index (χ1n) is 11.5. The lowest BCUT2D eigenvalue weighted by Gasteiger charge is -2.55. The van der Waals surface area contributed by atoms with Crippen LogP contribution < -0.4 is 5.32 Å². The molecule has 5 fully saturated rings. The molecule has 0 radical (unpaired) electrons. The summed E-state index contributed by atoms with van der Waals surface area (Å²) < 4.78 is 38.7. The second-order valence-electron chi connectivity index (χ2n) is 10.4. The quantitative estimate of drug-likeness (QED) is 0.693. The number of nitrogens with one attached hydrogen (secondary N) is 1. The predicted molar refractivity (Wildman–Crippen MR) is 120 cm³/mol. The van der Waals surface area contributed by atoms with Crippen molar-refractivity contribution in [2.75, 3.05) is 19.6 Å². The highest BCUT2D eigenvalue weighted by Crippen LogP contribution is 2.60. The Morgan fingerprint density at radius 2 is 1.72 bits per heavy atom. The van der Waals surface area contributed by atoms with Crippen molar-refractivity contribution in [2.24, 2.45) is 23.2 Å². The van der Waals surface area contributed by atoms with E-state index >= 15 is 0 Å². The monoisotopic (exact) mass is 474 g/mol. The number of carbonyl (C=O) groups excluding carboxylic acids is 1. The largest absolute Gasteiger partial charge is 0.416 e. The summed E-state index contributed by atoms with van der Waals surface area (Å²) in [5.74, 6) is 2.56. The van der Waals surface area contributed by atoms with Gasteiger partial charge in [-0.3, -0.25) is 4.79 Å². The van der Waals surface area contributed by atoms with Gasteiger partial charge in [-0.2, -0.15) is 13.2 Å². The molecule has 6 rings (SSSR count). The van der Waals surface area contributed by atoms with E-state index in [1.165, 1.54) is 31.4 Å². The number of benzene rings is 1. The Kier molecular flexibility index (Phi) is 7.52. The fraction of sp³-hybridized carbons (Fsp3) is 0.708. The number of hydrogen-bond acceptors (Lipinski definition) is 2. The molecule has 180 valence electrons. The molecule has 3 N–H and O–H groups in total. The second-order valence-corrected chi connectivity index (χ2v) is 10.4. The topological polar surface area (TPSA) is 63.8 Å². The van der Waals surface area contributed by atoms with E-state index in [-0.39, 0.29) is 35.2 Å². The zero-order valence-electron chi connectivity index (χ0n) is 18.3. The molecular weight excluding hydrogens is 441 g/mol. The van der Waals surface area contributed by atoms with Crippen LogP contribution in [0.3, 0.4) is 0 Å². The van der Waals surface area contributed by atoms with Gasteiger partial charge >= 0.3 is 6.18 Å². The minimum absolute atomic E-state index is 0. The van der Waals surface area contributed by atoms with Gasteiger partial charge < -0.3 is 15.7 Å². The fourth-order valence-electron chi connectivity index (χ4n) is 7.07. The highest BCUT2D eigenvalue weighted by molar-refractivity contribution is 5.85. The Balaban J connectivity index is 0.00000144. The van der Waals surface area contributed by atoms with E-state index in [1.807, 2.05) is 0 Å². The average Bonchev–Trinajstić information content (AvgIpc) is 3.12. The molecule has 4 aliphatic carbocycles. The number of likely N-dealkylation sites (tertiary alicyclic amines) is 1. The Hall–Kier alpha value is -1.31. The molecule has 4 saturated carbocycles. The van der Waals surface area contributed by atoms with Crippen LogP contribution in [0.5, 0.6) is 0 Å². The van der Waals surface area contributed by atoms with Gasteiger partial charge in [-0.15, -0.1) is 12.4 Å². The molecule has 4 nitrogen and oxygen atoms in total. The van der Waals surface area contributed by atoms with Crippen LogP contribution >= 0.6 is 12.4 Å². The summed E-state index contributed by atoms with van der Waals surface area (Å²) in [4.78, 5) is 15.5. The van der Waals surface area contributed by atoms with Crippen molar-refractivity contribution in [3.8, 4) is 0 Å². The number of rotatable bonds is 5. The van der Waals surface area contributed by atoms with Crippen molar-refractivity contribution in [1.29, 1.82) is 0 Å². The van der Waals surface area contributed by atoms with Crippen LogP contribution in [-0.2, 0) is 17.4 Å². The van der Waals surface area contributed by atoms with Crippen LogP contribution in [0.1, 0.15) is 56.1 Å². The molecule has 0 unspecified atom stereocenters. The Morgan fingerprint density at radius 3 is 2.31 bits per heavy atom. The summed E-state index contributed by atoms with van der Waals surface area (Å²) in [7, 11) is 0. The SMILES string of the molecule is Cl.O.O=C(N[C@H]1CCN(CCc2cccc(C(F)(F)F)c2)C1)C12CC3CC(CC(C3)C1)C2.